The monoisotopic (exact) mass is 383 g/mol. The number of hydrogen-bond acceptors (Lipinski definition) is 4. The molecule has 1 aromatic rings. The molecule has 28 heavy (non-hydrogen) atoms. The number of carbonyl (C=O) groups excluding carboxylic acids is 3. The number of ketones is 1. The summed E-state index contributed by atoms with van der Waals surface area (Å²) in [6, 6.07) is 6.97. The molecule has 0 unspecified atom stereocenters. The van der Waals surface area contributed by atoms with Crippen molar-refractivity contribution >= 4 is 17.6 Å². The number of rotatable bonds is 6. The zero-order valence-electron chi connectivity index (χ0n) is 16.6. The second-order valence-electron chi connectivity index (χ2n) is 8.01. The highest BCUT2D eigenvalue weighted by atomic mass is 16.3. The number of likely N-dealkylation sites (tertiary alicyclic amines) is 1. The summed E-state index contributed by atoms with van der Waals surface area (Å²) in [5.74, 6) is -1.03. The molecule has 1 heterocycles. The molecule has 0 aromatic heterocycles. The van der Waals surface area contributed by atoms with E-state index in [2.05, 4.69) is 0 Å². The minimum absolute atomic E-state index is 0.168. The van der Waals surface area contributed by atoms with Crippen molar-refractivity contribution in [3.05, 3.63) is 46.7 Å². The lowest BCUT2D eigenvalue weighted by atomic mass is 9.85. The molecule has 3 rings (SSSR count). The molecule has 0 radical (unpaired) electrons. The Morgan fingerprint density at radius 2 is 1.82 bits per heavy atom. The van der Waals surface area contributed by atoms with Crippen molar-refractivity contribution in [2.45, 2.75) is 64.7 Å². The zero-order chi connectivity index (χ0) is 20.1. The highest BCUT2D eigenvalue weighted by molar-refractivity contribution is 6.30. The smallest absolute Gasteiger partial charge is 0.268 e. The molecule has 5 nitrogen and oxygen atoms in total. The predicted molar refractivity (Wildman–Crippen MR) is 107 cm³/mol. The highest BCUT2D eigenvalue weighted by Gasteiger charge is 2.40. The van der Waals surface area contributed by atoms with Crippen LogP contribution in [0.5, 0.6) is 0 Å². The number of nitrogens with zero attached hydrogens (tertiary/aromatic N) is 1. The van der Waals surface area contributed by atoms with Crippen LogP contribution in [0, 0.1) is 12.8 Å². The average Bonchev–Trinajstić information content (AvgIpc) is 3.00. The average molecular weight is 383 g/mol. The third-order valence-corrected chi connectivity index (χ3v) is 5.95. The first-order chi connectivity index (χ1) is 13.5. The molecule has 2 fully saturated rings. The number of aliphatic hydroxyl groups is 1. The van der Waals surface area contributed by atoms with E-state index in [0.717, 1.165) is 35.6 Å². The van der Waals surface area contributed by atoms with Crippen LogP contribution in [0.1, 0.15) is 73.7 Å². The third kappa shape index (κ3) is 4.51. The minimum Gasteiger partial charge on any atom is -0.511 e. The number of allylic oxidation sites excluding steroid dienone is 1. The number of aryl methyl sites for hydroxylation is 1. The van der Waals surface area contributed by atoms with Crippen LogP contribution in [-0.4, -0.2) is 34.1 Å². The van der Waals surface area contributed by atoms with Gasteiger partial charge in [0, 0.05) is 12.0 Å². The summed E-state index contributed by atoms with van der Waals surface area (Å²) in [7, 11) is 0. The van der Waals surface area contributed by atoms with E-state index in [1.165, 1.54) is 32.1 Å². The van der Waals surface area contributed by atoms with E-state index in [4.69, 9.17) is 0 Å². The SMILES string of the molecule is Cc1ccccc1C(=O)N1CC(=O)/C(=C(/O)CCCCC2CCCCC2)C1=O. The van der Waals surface area contributed by atoms with Crippen LogP contribution in [0.4, 0.5) is 0 Å². The predicted octanol–water partition coefficient (Wildman–Crippen LogP) is 4.50. The van der Waals surface area contributed by atoms with Crippen LogP contribution in [-0.2, 0) is 9.59 Å². The van der Waals surface area contributed by atoms with Gasteiger partial charge in [0.2, 0.25) is 0 Å². The highest BCUT2D eigenvalue weighted by Crippen LogP contribution is 2.29. The van der Waals surface area contributed by atoms with Crippen molar-refractivity contribution in [3.63, 3.8) is 0 Å². The summed E-state index contributed by atoms with van der Waals surface area (Å²) in [5.41, 5.74) is 0.939. The van der Waals surface area contributed by atoms with Gasteiger partial charge in [-0.25, -0.2) is 0 Å². The topological polar surface area (TPSA) is 74.7 Å². The molecular formula is C23H29NO4. The minimum atomic E-state index is -0.678. The van der Waals surface area contributed by atoms with Crippen LogP contribution >= 0.6 is 0 Å². The second-order valence-corrected chi connectivity index (χ2v) is 8.01. The molecule has 1 aromatic carbocycles. The summed E-state index contributed by atoms with van der Waals surface area (Å²) < 4.78 is 0. The maximum atomic E-state index is 12.7. The van der Waals surface area contributed by atoms with Gasteiger partial charge in [-0.05, 0) is 30.9 Å². The molecule has 0 atom stereocenters. The van der Waals surface area contributed by atoms with Gasteiger partial charge in [0.25, 0.3) is 11.8 Å². The maximum Gasteiger partial charge on any atom is 0.268 e. The van der Waals surface area contributed by atoms with Gasteiger partial charge in [0.05, 0.1) is 6.54 Å². The van der Waals surface area contributed by atoms with E-state index >= 15 is 0 Å². The van der Waals surface area contributed by atoms with Crippen molar-refractivity contribution in [2.24, 2.45) is 5.92 Å². The van der Waals surface area contributed by atoms with Crippen LogP contribution in [0.25, 0.3) is 0 Å². The number of carbonyl (C=O) groups is 3. The maximum absolute atomic E-state index is 12.7. The van der Waals surface area contributed by atoms with Gasteiger partial charge in [0.1, 0.15) is 11.3 Å². The number of unbranched alkanes of at least 4 members (excludes halogenated alkanes) is 1. The molecule has 0 spiro atoms. The Hall–Kier alpha value is -2.43. The standard InChI is InChI=1S/C23H29NO4/c1-16-9-5-7-13-18(16)22(27)24-15-20(26)21(23(24)28)19(25)14-8-6-12-17-10-3-2-4-11-17/h5,7,9,13,17,25H,2-4,6,8,10-12,14-15H2,1H3/b21-19-. The number of benzene rings is 1. The fourth-order valence-electron chi connectivity index (χ4n) is 4.28. The Labute approximate surface area is 166 Å². The van der Waals surface area contributed by atoms with Gasteiger partial charge in [0.15, 0.2) is 5.78 Å². The van der Waals surface area contributed by atoms with Gasteiger partial charge in [-0.15, -0.1) is 0 Å². The number of amides is 2. The first-order valence-corrected chi connectivity index (χ1v) is 10.4. The molecular weight excluding hydrogens is 354 g/mol. The van der Waals surface area contributed by atoms with Crippen molar-refractivity contribution in [1.29, 1.82) is 0 Å². The zero-order valence-corrected chi connectivity index (χ0v) is 16.6. The molecule has 1 N–H and O–H groups in total. The summed E-state index contributed by atoms with van der Waals surface area (Å²) in [6.07, 6.45) is 9.73. The van der Waals surface area contributed by atoms with Gasteiger partial charge in [-0.1, -0.05) is 63.1 Å². The molecule has 1 saturated carbocycles. The van der Waals surface area contributed by atoms with Crippen LogP contribution in [0.15, 0.2) is 35.6 Å². The molecule has 1 saturated heterocycles. The Bertz CT molecular complexity index is 790. The van der Waals surface area contributed by atoms with Gasteiger partial charge in [-0.3, -0.25) is 19.3 Å². The van der Waals surface area contributed by atoms with Crippen molar-refractivity contribution < 1.29 is 19.5 Å². The molecule has 1 aliphatic carbocycles. The van der Waals surface area contributed by atoms with Crippen LogP contribution in [0.3, 0.4) is 0 Å². The number of Topliss-reactive ketones (excluding diaryl/α,β-unsaturated/α-hetero) is 1. The summed E-state index contributed by atoms with van der Waals surface area (Å²) >= 11 is 0. The lowest BCUT2D eigenvalue weighted by Gasteiger charge is -2.21. The molecule has 150 valence electrons. The van der Waals surface area contributed by atoms with Crippen molar-refractivity contribution in [3.8, 4) is 0 Å². The lowest BCUT2D eigenvalue weighted by Crippen LogP contribution is -2.33. The fraction of sp³-hybridized carbons (Fsp3) is 0.522. The first kappa shape index (κ1) is 20.3. The Morgan fingerprint density at radius 1 is 1.11 bits per heavy atom. The lowest BCUT2D eigenvalue weighted by molar-refractivity contribution is -0.122. The number of aliphatic hydroxyl groups excluding tert-OH is 1. The quantitative estimate of drug-likeness (QED) is 0.258. The van der Waals surface area contributed by atoms with E-state index in [1.807, 2.05) is 6.07 Å². The summed E-state index contributed by atoms with van der Waals surface area (Å²) in [6.45, 7) is 1.49. The largest absolute Gasteiger partial charge is 0.511 e. The molecule has 1 aliphatic heterocycles. The van der Waals surface area contributed by atoms with Gasteiger partial charge >= 0.3 is 0 Å². The van der Waals surface area contributed by atoms with E-state index in [9.17, 15) is 19.5 Å². The number of imide groups is 1. The van der Waals surface area contributed by atoms with Crippen molar-refractivity contribution in [1.82, 2.24) is 4.90 Å². The fourth-order valence-corrected chi connectivity index (χ4v) is 4.28. The van der Waals surface area contributed by atoms with E-state index < -0.39 is 17.6 Å². The van der Waals surface area contributed by atoms with Crippen LogP contribution < -0.4 is 0 Å². The van der Waals surface area contributed by atoms with Gasteiger partial charge in [-0.2, -0.15) is 0 Å². The molecule has 5 heteroatoms. The molecule has 2 amide bonds. The molecule has 2 aliphatic rings. The van der Waals surface area contributed by atoms with Crippen molar-refractivity contribution in [2.75, 3.05) is 6.54 Å². The second kappa shape index (κ2) is 9.18. The molecule has 0 bridgehead atoms. The van der Waals surface area contributed by atoms with Gasteiger partial charge < -0.3 is 5.11 Å². The summed E-state index contributed by atoms with van der Waals surface area (Å²) in [4.78, 5) is 38.6. The number of hydrogen-bond donors (Lipinski definition) is 1. The van der Waals surface area contributed by atoms with E-state index in [0.29, 0.717) is 12.0 Å². The van der Waals surface area contributed by atoms with Crippen LogP contribution in [0.2, 0.25) is 0 Å². The Balaban J connectivity index is 1.60. The normalized spacial score (nSPS) is 20.0. The van der Waals surface area contributed by atoms with E-state index in [-0.39, 0.29) is 17.9 Å². The Kier molecular flexibility index (Phi) is 6.65. The Morgan fingerprint density at radius 3 is 2.54 bits per heavy atom. The first-order valence-electron chi connectivity index (χ1n) is 10.4. The third-order valence-electron chi connectivity index (χ3n) is 5.95. The summed E-state index contributed by atoms with van der Waals surface area (Å²) in [5, 5.41) is 10.4. The van der Waals surface area contributed by atoms with E-state index in [1.54, 1.807) is 25.1 Å².